The minimum atomic E-state index is -0.489. The zero-order valence-electron chi connectivity index (χ0n) is 31.1. The molecule has 4 aromatic rings. The molecule has 0 unspecified atom stereocenters. The molecule has 21 heteroatoms. The lowest BCUT2D eigenvalue weighted by Gasteiger charge is -2.43. The van der Waals surface area contributed by atoms with Crippen LogP contribution in [0, 0.1) is 10.1 Å². The number of likely N-dealkylation sites (N-methyl/N-ethyl adjacent to an activating group) is 1. The molecule has 3 aromatic heterocycles. The molecule has 5 heterocycles. The minimum absolute atomic E-state index is 0. The van der Waals surface area contributed by atoms with Gasteiger partial charge in [0, 0.05) is 69.4 Å². The van der Waals surface area contributed by atoms with E-state index in [-0.39, 0.29) is 74.5 Å². The van der Waals surface area contributed by atoms with E-state index in [0.29, 0.717) is 66.4 Å². The molecule has 1 N–H and O–H groups in total. The number of aryl methyl sites for hydroxylation is 2. The van der Waals surface area contributed by atoms with Gasteiger partial charge < -0.3 is 55.8 Å². The number of amides is 3. The number of ether oxygens (including phenoxy) is 2. The maximum absolute atomic E-state index is 14.6. The second kappa shape index (κ2) is 16.8. The number of carbonyl (C=O) groups is 2. The van der Waals surface area contributed by atoms with Crippen molar-refractivity contribution in [1.29, 1.82) is 0 Å². The number of anilines is 4. The van der Waals surface area contributed by atoms with Crippen LogP contribution >= 0.6 is 23.2 Å². The van der Waals surface area contributed by atoms with Gasteiger partial charge >= 0.3 is 11.8 Å². The number of nitro groups is 1. The molecule has 1 saturated heterocycles. The summed E-state index contributed by atoms with van der Waals surface area (Å²) in [5.41, 5.74) is 1.37. The van der Waals surface area contributed by atoms with Crippen molar-refractivity contribution in [2.45, 2.75) is 32.0 Å². The molecule has 6 rings (SSSR count). The fraction of sp³-hybridized carbons (Fsp3) is 0.412. The van der Waals surface area contributed by atoms with Gasteiger partial charge in [-0.2, -0.15) is 10.1 Å². The Hall–Kier alpha value is -4.98. The smallest absolute Gasteiger partial charge is 0.390 e. The Bertz CT molecular complexity index is 2090. The Balaban J connectivity index is 0.00000580. The lowest BCUT2D eigenvalue weighted by atomic mass is 10.0. The molecule has 2 aliphatic rings. The number of aromatic nitrogens is 6. The number of hydrogen-bond donors (Lipinski definition) is 1. The average molecular weight is 865 g/mol. The summed E-state index contributed by atoms with van der Waals surface area (Å²) in [7, 11) is 10.3. The van der Waals surface area contributed by atoms with Crippen LogP contribution in [0.5, 0.6) is 11.5 Å². The van der Waals surface area contributed by atoms with Crippen LogP contribution in [0.3, 0.4) is 0 Å². The Labute approximate surface area is 337 Å². The molecule has 0 radical (unpaired) electrons. The van der Waals surface area contributed by atoms with Gasteiger partial charge in [0.15, 0.2) is 11.5 Å². The number of methoxy groups -OCH3 is 2. The number of fused-ring (bicyclic) bond motifs is 1. The molecular weight excluding hydrogens is 823 g/mol. The SMILES string of the molecule is COc1cc(OC)c(Cl)c(N2Cc3cnc(Nc4ccn(C)n4)nc3N(C3CCN(C(=O)/C=C/C[N+](C)(C)Cc4c([N+](=O)[O-])ncn4C)CC3)C2=O)c1Cl.[Br-]. The summed E-state index contributed by atoms with van der Waals surface area (Å²) in [6.07, 6.45) is 9.09. The number of likely N-dealkylation sites (tertiary alicyclic amines) is 1. The van der Waals surface area contributed by atoms with E-state index in [9.17, 15) is 19.7 Å². The average Bonchev–Trinajstić information content (AvgIpc) is 3.72. The number of nitrogens with zero attached hydrogens (tertiary/aromatic N) is 11. The van der Waals surface area contributed by atoms with Crippen LogP contribution in [0.2, 0.25) is 10.0 Å². The van der Waals surface area contributed by atoms with E-state index >= 15 is 0 Å². The van der Waals surface area contributed by atoms with Crippen LogP contribution in [-0.2, 0) is 32.0 Å². The molecule has 55 heavy (non-hydrogen) atoms. The van der Waals surface area contributed by atoms with Crippen molar-refractivity contribution >= 4 is 64.2 Å². The van der Waals surface area contributed by atoms with E-state index in [0.717, 1.165) is 0 Å². The number of rotatable bonds is 12. The predicted octanol–water partition coefficient (Wildman–Crippen LogP) is 1.69. The summed E-state index contributed by atoms with van der Waals surface area (Å²) in [4.78, 5) is 57.0. The first-order valence-electron chi connectivity index (χ1n) is 17.0. The molecule has 0 saturated carbocycles. The number of halogens is 3. The first-order chi connectivity index (χ1) is 25.7. The van der Waals surface area contributed by atoms with Crippen LogP contribution in [0.4, 0.5) is 33.9 Å². The van der Waals surface area contributed by atoms with Gasteiger partial charge in [0.2, 0.25) is 18.2 Å². The summed E-state index contributed by atoms with van der Waals surface area (Å²) in [6.45, 7) is 1.63. The summed E-state index contributed by atoms with van der Waals surface area (Å²) >= 11 is 13.6. The molecular formula is C34H41BrCl2N12O6. The summed E-state index contributed by atoms with van der Waals surface area (Å²) in [6, 6.07) is 2.57. The largest absolute Gasteiger partial charge is 1.00 e. The number of quaternary nitrogens is 1. The fourth-order valence-electron chi connectivity index (χ4n) is 6.58. The minimum Gasteiger partial charge on any atom is -1.00 e. The lowest BCUT2D eigenvalue weighted by Crippen LogP contribution is -3.00. The van der Waals surface area contributed by atoms with Gasteiger partial charge in [0.05, 0.1) is 47.1 Å². The standard InChI is InChI=1S/C34H41Cl2N12O6.BrH/c1-42-20-38-32(47(51)52)23(42)19-48(3,4)15-7-8-27(49)44-13-9-22(10-14-44)46-31-21(17-37-33(40-31)39-26-11-12-43(2)41-26)18-45(34(46)50)30-28(35)24(53-5)16-25(54-6)29(30)36;/h7-8,11-12,16-17,20,22H,9-10,13-15,18-19H2,1-6H3,(H,37,39,40,41);1H/q+1;/p-1/b8-7+;. The molecule has 0 atom stereocenters. The number of benzene rings is 1. The summed E-state index contributed by atoms with van der Waals surface area (Å²) < 4.78 is 14.6. The zero-order chi connectivity index (χ0) is 38.9. The van der Waals surface area contributed by atoms with E-state index in [1.807, 2.05) is 14.1 Å². The zero-order valence-corrected chi connectivity index (χ0v) is 34.2. The van der Waals surface area contributed by atoms with E-state index in [4.69, 9.17) is 37.7 Å². The second-order valence-corrected chi connectivity index (χ2v) is 14.4. The van der Waals surface area contributed by atoms with E-state index < -0.39 is 11.0 Å². The van der Waals surface area contributed by atoms with Crippen molar-refractivity contribution in [3.8, 4) is 11.5 Å². The van der Waals surface area contributed by atoms with Gasteiger partial charge in [0.1, 0.15) is 33.9 Å². The topological polar surface area (TPSA) is 179 Å². The number of imidazole rings is 1. The summed E-state index contributed by atoms with van der Waals surface area (Å²) in [5, 5.41) is 19.2. The van der Waals surface area contributed by atoms with Gasteiger partial charge in [-0.15, -0.1) is 0 Å². The Morgan fingerprint density at radius 2 is 1.80 bits per heavy atom. The highest BCUT2D eigenvalue weighted by Crippen LogP contribution is 2.48. The fourth-order valence-corrected chi connectivity index (χ4v) is 7.29. The summed E-state index contributed by atoms with van der Waals surface area (Å²) in [5.74, 6) is 1.44. The van der Waals surface area contributed by atoms with Crippen molar-refractivity contribution in [3.05, 3.63) is 74.4 Å². The number of hydrogen-bond acceptors (Lipinski definition) is 11. The van der Waals surface area contributed by atoms with E-state index in [1.54, 1.807) is 63.7 Å². The van der Waals surface area contributed by atoms with Gasteiger partial charge in [-0.05, 0) is 28.8 Å². The van der Waals surface area contributed by atoms with E-state index in [1.165, 1.54) is 31.5 Å². The third-order valence-corrected chi connectivity index (χ3v) is 10.1. The first-order valence-corrected chi connectivity index (χ1v) is 17.7. The number of urea groups is 1. The van der Waals surface area contributed by atoms with Crippen LogP contribution < -0.4 is 41.6 Å². The van der Waals surface area contributed by atoms with Gasteiger partial charge in [0.25, 0.3) is 0 Å². The normalized spacial score (nSPS) is 14.9. The van der Waals surface area contributed by atoms with Crippen molar-refractivity contribution < 1.29 is 45.5 Å². The molecule has 0 aliphatic carbocycles. The Morgan fingerprint density at radius 1 is 1.13 bits per heavy atom. The van der Waals surface area contributed by atoms with Crippen molar-refractivity contribution in [2.24, 2.45) is 14.1 Å². The van der Waals surface area contributed by atoms with Gasteiger partial charge in [-0.1, -0.05) is 23.2 Å². The number of piperidine rings is 1. The predicted molar refractivity (Wildman–Crippen MR) is 201 cm³/mol. The van der Waals surface area contributed by atoms with E-state index in [2.05, 4.69) is 20.4 Å². The maximum Gasteiger partial charge on any atom is 0.390 e. The van der Waals surface area contributed by atoms with Crippen LogP contribution in [0.25, 0.3) is 0 Å². The van der Waals surface area contributed by atoms with Gasteiger partial charge in [-0.3, -0.25) is 19.3 Å². The molecule has 2 aliphatic heterocycles. The lowest BCUT2D eigenvalue weighted by molar-refractivity contribution is -0.898. The maximum atomic E-state index is 14.6. The molecule has 0 spiro atoms. The quantitative estimate of drug-likeness (QED) is 0.0949. The first kappa shape index (κ1) is 41.2. The highest BCUT2D eigenvalue weighted by Gasteiger charge is 2.41. The molecule has 0 bridgehead atoms. The molecule has 18 nitrogen and oxygen atoms in total. The monoisotopic (exact) mass is 862 g/mol. The van der Waals surface area contributed by atoms with Gasteiger partial charge in [-0.25, -0.2) is 9.78 Å². The van der Waals surface area contributed by atoms with Crippen molar-refractivity contribution in [1.82, 2.24) is 34.2 Å². The third-order valence-electron chi connectivity index (χ3n) is 9.40. The molecule has 3 amide bonds. The highest BCUT2D eigenvalue weighted by molar-refractivity contribution is 6.42. The Morgan fingerprint density at radius 3 is 2.40 bits per heavy atom. The molecule has 1 fully saturated rings. The Kier molecular flexibility index (Phi) is 12.6. The third kappa shape index (κ3) is 8.64. The molecule has 1 aromatic carbocycles. The van der Waals surface area contributed by atoms with Crippen molar-refractivity contribution in [2.75, 3.05) is 63.1 Å². The van der Waals surface area contributed by atoms with Crippen LogP contribution in [0.15, 0.2) is 43.0 Å². The van der Waals surface area contributed by atoms with Crippen LogP contribution in [-0.4, -0.2) is 110 Å². The highest BCUT2D eigenvalue weighted by atomic mass is 79.9. The molecule has 294 valence electrons. The van der Waals surface area contributed by atoms with Crippen LogP contribution in [0.1, 0.15) is 24.1 Å². The number of carbonyl (C=O) groups excluding carboxylic acids is 2. The second-order valence-electron chi connectivity index (χ2n) is 13.7. The van der Waals surface area contributed by atoms with Crippen molar-refractivity contribution in [3.63, 3.8) is 0 Å². The number of nitrogens with one attached hydrogen (secondary N) is 1.